The molecule has 0 radical (unpaired) electrons. The topological polar surface area (TPSA) is 35.9 Å². The average molecular weight is 318 g/mol. The lowest BCUT2D eigenvalue weighted by atomic mass is 9.96. The summed E-state index contributed by atoms with van der Waals surface area (Å²) in [6.45, 7) is 8.23. The molecule has 0 aliphatic carbocycles. The van der Waals surface area contributed by atoms with Gasteiger partial charge in [0.25, 0.3) is 0 Å². The van der Waals surface area contributed by atoms with Crippen molar-refractivity contribution in [3.63, 3.8) is 0 Å². The number of benzene rings is 1. The zero-order valence-corrected chi connectivity index (χ0v) is 14.7. The number of hydrogen-bond donors (Lipinski definition) is 1. The van der Waals surface area contributed by atoms with Crippen LogP contribution in [-0.4, -0.2) is 55.4 Å². The Kier molecular flexibility index (Phi) is 5.24. The largest absolute Gasteiger partial charge is 0.388 e. The van der Waals surface area contributed by atoms with E-state index in [0.29, 0.717) is 0 Å². The first-order valence-corrected chi connectivity index (χ1v) is 8.93. The monoisotopic (exact) mass is 318 g/mol. The third-order valence-electron chi connectivity index (χ3n) is 5.05. The van der Waals surface area contributed by atoms with Crippen LogP contribution in [0.1, 0.15) is 43.9 Å². The summed E-state index contributed by atoms with van der Waals surface area (Å²) in [6.07, 6.45) is 3.31. The molecule has 0 amide bonds. The van der Waals surface area contributed by atoms with E-state index in [2.05, 4.69) is 48.9 Å². The molecule has 3 atom stereocenters. The van der Waals surface area contributed by atoms with E-state index in [0.717, 1.165) is 44.6 Å². The summed E-state index contributed by atoms with van der Waals surface area (Å²) < 4.78 is 5.77. The second kappa shape index (κ2) is 7.20. The van der Waals surface area contributed by atoms with Gasteiger partial charge in [-0.25, -0.2) is 0 Å². The number of aliphatic hydroxyl groups is 1. The molecular weight excluding hydrogens is 288 g/mol. The molecule has 3 rings (SSSR count). The van der Waals surface area contributed by atoms with Crippen LogP contribution < -0.4 is 4.90 Å². The predicted molar refractivity (Wildman–Crippen MR) is 94.1 cm³/mol. The van der Waals surface area contributed by atoms with Crippen molar-refractivity contribution >= 4 is 5.69 Å². The molecule has 0 bridgehead atoms. The number of aliphatic hydroxyl groups excluding tert-OH is 1. The first-order valence-electron chi connectivity index (χ1n) is 8.93. The lowest BCUT2D eigenvalue weighted by Crippen LogP contribution is -2.45. The Morgan fingerprint density at radius 1 is 1.26 bits per heavy atom. The van der Waals surface area contributed by atoms with E-state index in [-0.39, 0.29) is 18.3 Å². The zero-order valence-electron chi connectivity index (χ0n) is 14.7. The van der Waals surface area contributed by atoms with Crippen molar-refractivity contribution in [2.75, 3.05) is 38.1 Å². The lowest BCUT2D eigenvalue weighted by molar-refractivity contribution is -0.0702. The Hall–Kier alpha value is -1.10. The predicted octanol–water partition coefficient (Wildman–Crippen LogP) is 2.60. The SMILES string of the molecule is CC1CN(CCC(O)c2ccc3c(c2)CCCN3C)CC(C)O1. The van der Waals surface area contributed by atoms with Crippen LogP contribution in [0.4, 0.5) is 5.69 Å². The van der Waals surface area contributed by atoms with E-state index < -0.39 is 0 Å². The van der Waals surface area contributed by atoms with E-state index in [1.807, 2.05) is 0 Å². The second-order valence-electron chi connectivity index (χ2n) is 7.23. The quantitative estimate of drug-likeness (QED) is 0.926. The maximum absolute atomic E-state index is 10.6. The van der Waals surface area contributed by atoms with Gasteiger partial charge in [-0.2, -0.15) is 0 Å². The number of hydrogen-bond acceptors (Lipinski definition) is 4. The van der Waals surface area contributed by atoms with Gasteiger partial charge in [0.05, 0.1) is 18.3 Å². The van der Waals surface area contributed by atoms with Gasteiger partial charge in [0.15, 0.2) is 0 Å². The molecule has 4 nitrogen and oxygen atoms in total. The second-order valence-corrected chi connectivity index (χ2v) is 7.23. The fraction of sp³-hybridized carbons (Fsp3) is 0.684. The van der Waals surface area contributed by atoms with E-state index in [1.54, 1.807) is 0 Å². The van der Waals surface area contributed by atoms with E-state index in [1.165, 1.54) is 17.7 Å². The maximum atomic E-state index is 10.6. The van der Waals surface area contributed by atoms with Gasteiger partial charge in [-0.15, -0.1) is 0 Å². The summed E-state index contributed by atoms with van der Waals surface area (Å²) in [5, 5.41) is 10.6. The zero-order chi connectivity index (χ0) is 16.4. The van der Waals surface area contributed by atoms with Crippen molar-refractivity contribution in [3.8, 4) is 0 Å². The molecule has 2 aliphatic rings. The van der Waals surface area contributed by atoms with Crippen LogP contribution in [-0.2, 0) is 11.2 Å². The lowest BCUT2D eigenvalue weighted by Gasteiger charge is -2.35. The summed E-state index contributed by atoms with van der Waals surface area (Å²) in [5.41, 5.74) is 3.76. The summed E-state index contributed by atoms with van der Waals surface area (Å²) in [5.74, 6) is 0. The van der Waals surface area contributed by atoms with Crippen LogP contribution in [0.5, 0.6) is 0 Å². The molecule has 2 heterocycles. The van der Waals surface area contributed by atoms with Gasteiger partial charge in [-0.05, 0) is 50.3 Å². The number of morpholine rings is 1. The molecule has 128 valence electrons. The highest BCUT2D eigenvalue weighted by atomic mass is 16.5. The molecule has 1 aromatic carbocycles. The van der Waals surface area contributed by atoms with Crippen LogP contribution in [0.2, 0.25) is 0 Å². The van der Waals surface area contributed by atoms with Crippen molar-refractivity contribution < 1.29 is 9.84 Å². The van der Waals surface area contributed by atoms with Gasteiger partial charge in [0, 0.05) is 38.9 Å². The minimum Gasteiger partial charge on any atom is -0.388 e. The fourth-order valence-corrected chi connectivity index (χ4v) is 3.95. The Balaban J connectivity index is 1.59. The summed E-state index contributed by atoms with van der Waals surface area (Å²) in [6, 6.07) is 6.47. The van der Waals surface area contributed by atoms with E-state index in [4.69, 9.17) is 4.74 Å². The molecule has 23 heavy (non-hydrogen) atoms. The molecule has 1 aromatic rings. The molecule has 1 N–H and O–H groups in total. The fourth-order valence-electron chi connectivity index (χ4n) is 3.95. The van der Waals surface area contributed by atoms with Crippen LogP contribution in [0.3, 0.4) is 0 Å². The van der Waals surface area contributed by atoms with Crippen molar-refractivity contribution in [1.82, 2.24) is 4.90 Å². The number of nitrogens with zero attached hydrogens (tertiary/aromatic N) is 2. The van der Waals surface area contributed by atoms with Gasteiger partial charge < -0.3 is 14.7 Å². The number of ether oxygens (including phenoxy) is 1. The third kappa shape index (κ3) is 4.06. The number of rotatable bonds is 4. The van der Waals surface area contributed by atoms with Crippen LogP contribution in [0.15, 0.2) is 18.2 Å². The minimum atomic E-state index is -0.374. The molecule has 0 saturated carbocycles. The molecule has 2 aliphatic heterocycles. The van der Waals surface area contributed by atoms with Crippen molar-refractivity contribution in [3.05, 3.63) is 29.3 Å². The molecular formula is C19H30N2O2. The van der Waals surface area contributed by atoms with Gasteiger partial charge in [-0.3, -0.25) is 4.90 Å². The van der Waals surface area contributed by atoms with Crippen molar-refractivity contribution in [2.45, 2.75) is 51.4 Å². The summed E-state index contributed by atoms with van der Waals surface area (Å²) in [4.78, 5) is 4.72. The molecule has 3 unspecified atom stereocenters. The smallest absolute Gasteiger partial charge is 0.0802 e. The van der Waals surface area contributed by atoms with E-state index in [9.17, 15) is 5.11 Å². The molecule has 0 aromatic heterocycles. The summed E-state index contributed by atoms with van der Waals surface area (Å²) >= 11 is 0. The minimum absolute atomic E-state index is 0.287. The van der Waals surface area contributed by atoms with Gasteiger partial charge in [-0.1, -0.05) is 12.1 Å². The number of aryl methyl sites for hydroxylation is 1. The Labute approximate surface area is 140 Å². The Morgan fingerprint density at radius 3 is 2.74 bits per heavy atom. The molecule has 1 saturated heterocycles. The van der Waals surface area contributed by atoms with Crippen LogP contribution in [0, 0.1) is 0 Å². The summed E-state index contributed by atoms with van der Waals surface area (Å²) in [7, 11) is 2.15. The number of anilines is 1. The van der Waals surface area contributed by atoms with Crippen LogP contribution >= 0.6 is 0 Å². The normalized spacial score (nSPS) is 26.9. The maximum Gasteiger partial charge on any atom is 0.0802 e. The Bertz CT molecular complexity index is 524. The van der Waals surface area contributed by atoms with Crippen LogP contribution in [0.25, 0.3) is 0 Å². The van der Waals surface area contributed by atoms with Gasteiger partial charge in [0.2, 0.25) is 0 Å². The van der Waals surface area contributed by atoms with E-state index >= 15 is 0 Å². The average Bonchev–Trinajstić information content (AvgIpc) is 2.51. The first kappa shape index (κ1) is 16.7. The third-order valence-corrected chi connectivity index (χ3v) is 5.05. The number of fused-ring (bicyclic) bond motifs is 1. The van der Waals surface area contributed by atoms with Crippen molar-refractivity contribution in [1.29, 1.82) is 0 Å². The van der Waals surface area contributed by atoms with Crippen molar-refractivity contribution in [2.24, 2.45) is 0 Å². The standard InChI is InChI=1S/C19H30N2O2/c1-14-12-21(13-15(2)23-14)10-8-19(22)17-6-7-18-16(11-17)5-4-9-20(18)3/h6-7,11,14-15,19,22H,4-5,8-10,12-13H2,1-3H3. The highest BCUT2D eigenvalue weighted by Gasteiger charge is 2.23. The first-order chi connectivity index (χ1) is 11.0. The Morgan fingerprint density at radius 2 is 2.00 bits per heavy atom. The highest BCUT2D eigenvalue weighted by Crippen LogP contribution is 2.29. The molecule has 0 spiro atoms. The molecule has 4 heteroatoms. The highest BCUT2D eigenvalue weighted by molar-refractivity contribution is 5.56. The van der Waals surface area contributed by atoms with Gasteiger partial charge in [0.1, 0.15) is 0 Å². The molecule has 1 fully saturated rings. The van der Waals surface area contributed by atoms with Gasteiger partial charge >= 0.3 is 0 Å².